The van der Waals surface area contributed by atoms with Gasteiger partial charge in [0.2, 0.25) is 0 Å². The van der Waals surface area contributed by atoms with Crippen molar-refractivity contribution in [2.45, 2.75) is 51.6 Å². The van der Waals surface area contributed by atoms with E-state index < -0.39 is 0 Å². The first kappa shape index (κ1) is 10.9. The fourth-order valence-electron chi connectivity index (χ4n) is 3.24. The molecule has 15 heavy (non-hydrogen) atoms. The van der Waals surface area contributed by atoms with Crippen molar-refractivity contribution in [3.8, 4) is 0 Å². The van der Waals surface area contributed by atoms with Gasteiger partial charge in [-0.25, -0.2) is 0 Å². The maximum absolute atomic E-state index is 11.8. The molecular weight excluding hydrogens is 190 g/mol. The van der Waals surface area contributed by atoms with Crippen molar-refractivity contribution in [2.75, 3.05) is 13.2 Å². The molecule has 0 aromatic heterocycles. The zero-order chi connectivity index (χ0) is 11.1. The van der Waals surface area contributed by atoms with Crippen molar-refractivity contribution in [1.82, 2.24) is 4.90 Å². The van der Waals surface area contributed by atoms with E-state index in [-0.39, 0.29) is 17.4 Å². The number of fused-ring (bicyclic) bond motifs is 1. The lowest BCUT2D eigenvalue weighted by atomic mass is 9.92. The van der Waals surface area contributed by atoms with Crippen LogP contribution in [0, 0.1) is 5.92 Å². The smallest absolute Gasteiger partial charge is 0.310 e. The van der Waals surface area contributed by atoms with Crippen LogP contribution < -0.4 is 0 Å². The Morgan fingerprint density at radius 2 is 2.27 bits per heavy atom. The second-order valence-electron chi connectivity index (χ2n) is 5.28. The Kier molecular flexibility index (Phi) is 2.75. The van der Waals surface area contributed by atoms with Crippen LogP contribution in [0.1, 0.15) is 40.0 Å². The first-order valence-corrected chi connectivity index (χ1v) is 5.99. The molecule has 2 unspecified atom stereocenters. The average Bonchev–Trinajstić information content (AvgIpc) is 2.70. The summed E-state index contributed by atoms with van der Waals surface area (Å²) in [7, 11) is 0. The Labute approximate surface area is 91.8 Å². The topological polar surface area (TPSA) is 29.5 Å². The monoisotopic (exact) mass is 211 g/mol. The Morgan fingerprint density at radius 1 is 1.53 bits per heavy atom. The SMILES string of the molecule is CCOC(=O)C1CC(C)(C)N2CCCC12. The number of hydrogen-bond donors (Lipinski definition) is 0. The van der Waals surface area contributed by atoms with Gasteiger partial charge in [0, 0.05) is 11.6 Å². The first-order chi connectivity index (χ1) is 7.06. The van der Waals surface area contributed by atoms with Gasteiger partial charge in [0.1, 0.15) is 0 Å². The summed E-state index contributed by atoms with van der Waals surface area (Å²) in [6.45, 7) is 8.01. The third-order valence-corrected chi connectivity index (χ3v) is 3.85. The summed E-state index contributed by atoms with van der Waals surface area (Å²) in [5, 5.41) is 0. The molecule has 0 amide bonds. The fourth-order valence-corrected chi connectivity index (χ4v) is 3.24. The van der Waals surface area contributed by atoms with Crippen LogP contribution in [0.4, 0.5) is 0 Å². The first-order valence-electron chi connectivity index (χ1n) is 5.99. The van der Waals surface area contributed by atoms with Crippen LogP contribution in [0.3, 0.4) is 0 Å². The van der Waals surface area contributed by atoms with E-state index in [0.717, 1.165) is 19.4 Å². The molecule has 2 aliphatic rings. The molecule has 2 fully saturated rings. The number of hydrogen-bond acceptors (Lipinski definition) is 3. The summed E-state index contributed by atoms with van der Waals surface area (Å²) >= 11 is 0. The maximum Gasteiger partial charge on any atom is 0.310 e. The minimum absolute atomic E-state index is 0.0139. The lowest BCUT2D eigenvalue weighted by Gasteiger charge is -2.30. The molecule has 2 atom stereocenters. The van der Waals surface area contributed by atoms with E-state index in [4.69, 9.17) is 4.74 Å². The van der Waals surface area contributed by atoms with Gasteiger partial charge >= 0.3 is 5.97 Å². The van der Waals surface area contributed by atoms with Gasteiger partial charge in [-0.3, -0.25) is 9.69 Å². The van der Waals surface area contributed by atoms with E-state index in [1.807, 2.05) is 6.92 Å². The lowest BCUT2D eigenvalue weighted by Crippen LogP contribution is -2.39. The van der Waals surface area contributed by atoms with Crippen LogP contribution in [0.15, 0.2) is 0 Å². The molecule has 0 bridgehead atoms. The van der Waals surface area contributed by atoms with Crippen LogP contribution in [0.2, 0.25) is 0 Å². The number of carbonyl (C=O) groups excluding carboxylic acids is 1. The Balaban J connectivity index is 2.11. The number of esters is 1. The molecule has 2 aliphatic heterocycles. The molecule has 2 saturated heterocycles. The predicted molar refractivity (Wildman–Crippen MR) is 58.5 cm³/mol. The van der Waals surface area contributed by atoms with Crippen molar-refractivity contribution in [3.63, 3.8) is 0 Å². The van der Waals surface area contributed by atoms with Crippen LogP contribution in [0.5, 0.6) is 0 Å². The molecule has 2 heterocycles. The van der Waals surface area contributed by atoms with Gasteiger partial charge in [0.05, 0.1) is 12.5 Å². The third kappa shape index (κ3) is 1.78. The van der Waals surface area contributed by atoms with Crippen LogP contribution in [-0.2, 0) is 9.53 Å². The molecule has 3 heteroatoms. The van der Waals surface area contributed by atoms with E-state index in [0.29, 0.717) is 12.6 Å². The van der Waals surface area contributed by atoms with Gasteiger partial charge < -0.3 is 4.74 Å². The van der Waals surface area contributed by atoms with Gasteiger partial charge in [-0.15, -0.1) is 0 Å². The van der Waals surface area contributed by atoms with Crippen molar-refractivity contribution in [1.29, 1.82) is 0 Å². The van der Waals surface area contributed by atoms with Gasteiger partial charge in [-0.05, 0) is 46.6 Å². The zero-order valence-corrected chi connectivity index (χ0v) is 9.95. The highest BCUT2D eigenvalue weighted by atomic mass is 16.5. The number of nitrogens with zero attached hydrogens (tertiary/aromatic N) is 1. The molecule has 3 nitrogen and oxygen atoms in total. The Bertz CT molecular complexity index is 262. The molecule has 0 radical (unpaired) electrons. The largest absolute Gasteiger partial charge is 0.466 e. The summed E-state index contributed by atoms with van der Waals surface area (Å²) in [5.74, 6) is 0.127. The minimum Gasteiger partial charge on any atom is -0.466 e. The number of rotatable bonds is 2. The molecule has 86 valence electrons. The average molecular weight is 211 g/mol. The zero-order valence-electron chi connectivity index (χ0n) is 9.95. The maximum atomic E-state index is 11.8. The highest BCUT2D eigenvalue weighted by molar-refractivity contribution is 5.74. The highest BCUT2D eigenvalue weighted by Crippen LogP contribution is 2.43. The lowest BCUT2D eigenvalue weighted by molar-refractivity contribution is -0.148. The summed E-state index contributed by atoms with van der Waals surface area (Å²) < 4.78 is 5.16. The quantitative estimate of drug-likeness (QED) is 0.652. The third-order valence-electron chi connectivity index (χ3n) is 3.85. The number of ether oxygens (including phenoxy) is 1. The summed E-state index contributed by atoms with van der Waals surface area (Å²) in [6.07, 6.45) is 3.34. The van der Waals surface area contributed by atoms with Crippen molar-refractivity contribution < 1.29 is 9.53 Å². The minimum atomic E-state index is 0.0139. The fraction of sp³-hybridized carbons (Fsp3) is 0.917. The molecule has 0 saturated carbocycles. The summed E-state index contributed by atoms with van der Waals surface area (Å²) in [6, 6.07) is 0.444. The molecule has 0 N–H and O–H groups in total. The number of carbonyl (C=O) groups is 1. The van der Waals surface area contributed by atoms with Crippen LogP contribution >= 0.6 is 0 Å². The van der Waals surface area contributed by atoms with E-state index in [1.165, 1.54) is 6.42 Å². The van der Waals surface area contributed by atoms with Crippen LogP contribution in [-0.4, -0.2) is 35.6 Å². The van der Waals surface area contributed by atoms with Gasteiger partial charge in [-0.1, -0.05) is 0 Å². The molecular formula is C12H21NO2. The van der Waals surface area contributed by atoms with Crippen molar-refractivity contribution in [2.24, 2.45) is 5.92 Å². The molecule has 0 aliphatic carbocycles. The molecule has 0 aromatic rings. The standard InChI is InChI=1S/C12H21NO2/c1-4-15-11(14)9-8-12(2,3)13-7-5-6-10(9)13/h9-10H,4-8H2,1-3H3. The van der Waals surface area contributed by atoms with Crippen molar-refractivity contribution in [3.05, 3.63) is 0 Å². The van der Waals surface area contributed by atoms with Gasteiger partial charge in [-0.2, -0.15) is 0 Å². The van der Waals surface area contributed by atoms with Crippen molar-refractivity contribution >= 4 is 5.97 Å². The molecule has 0 aromatic carbocycles. The molecule has 2 rings (SSSR count). The summed E-state index contributed by atoms with van der Waals surface area (Å²) in [5.41, 5.74) is 0.179. The van der Waals surface area contributed by atoms with E-state index in [1.54, 1.807) is 0 Å². The van der Waals surface area contributed by atoms with E-state index in [2.05, 4.69) is 18.7 Å². The normalized spacial score (nSPS) is 34.1. The molecule has 0 spiro atoms. The Hall–Kier alpha value is -0.570. The summed E-state index contributed by atoms with van der Waals surface area (Å²) in [4.78, 5) is 14.3. The van der Waals surface area contributed by atoms with E-state index in [9.17, 15) is 4.79 Å². The predicted octanol–water partition coefficient (Wildman–Crippen LogP) is 1.81. The Morgan fingerprint density at radius 3 is 2.93 bits per heavy atom. The second kappa shape index (κ2) is 3.78. The van der Waals surface area contributed by atoms with Gasteiger partial charge in [0.15, 0.2) is 0 Å². The van der Waals surface area contributed by atoms with Crippen LogP contribution in [0.25, 0.3) is 0 Å². The van der Waals surface area contributed by atoms with Gasteiger partial charge in [0.25, 0.3) is 0 Å². The van der Waals surface area contributed by atoms with E-state index >= 15 is 0 Å². The second-order valence-corrected chi connectivity index (χ2v) is 5.28. The highest BCUT2D eigenvalue weighted by Gasteiger charge is 2.51.